The third-order valence-corrected chi connectivity index (χ3v) is 2.99. The molecule has 0 bridgehead atoms. The number of H-pyrrole nitrogens is 2. The maximum Gasteiger partial charge on any atom is 0.271 e. The van der Waals surface area contributed by atoms with Gasteiger partial charge >= 0.3 is 0 Å². The summed E-state index contributed by atoms with van der Waals surface area (Å²) in [7, 11) is 0. The Bertz CT molecular complexity index is 878. The monoisotopic (exact) mass is 243 g/mol. The van der Waals surface area contributed by atoms with E-state index >= 15 is 0 Å². The van der Waals surface area contributed by atoms with Gasteiger partial charge in [0.2, 0.25) is 10.9 Å². The molecule has 0 aliphatic heterocycles. The summed E-state index contributed by atoms with van der Waals surface area (Å²) in [5.41, 5.74) is 0.800. The molecule has 18 heavy (non-hydrogen) atoms. The summed E-state index contributed by atoms with van der Waals surface area (Å²) in [6.45, 7) is 1.59. The van der Waals surface area contributed by atoms with E-state index in [9.17, 15) is 14.4 Å². The third-order valence-electron chi connectivity index (χ3n) is 2.99. The smallest absolute Gasteiger partial charge is 0.271 e. The molecule has 6 heteroatoms. The predicted octanol–water partition coefficient (Wildman–Crippen LogP) is 0.504. The lowest BCUT2D eigenvalue weighted by Crippen LogP contribution is -2.36. The minimum absolute atomic E-state index is 0.227. The van der Waals surface area contributed by atoms with Gasteiger partial charge in [0.05, 0.1) is 16.6 Å². The van der Waals surface area contributed by atoms with Gasteiger partial charge in [-0.2, -0.15) is 0 Å². The van der Waals surface area contributed by atoms with E-state index in [0.717, 1.165) is 0 Å². The minimum Gasteiger partial charge on any atom is -0.352 e. The summed E-state index contributed by atoms with van der Waals surface area (Å²) in [5, 5.41) is 8.55. The number of aromatic nitrogens is 2. The van der Waals surface area contributed by atoms with Crippen molar-refractivity contribution in [2.24, 2.45) is 0 Å². The van der Waals surface area contributed by atoms with Crippen LogP contribution in [0.25, 0.3) is 10.9 Å². The van der Waals surface area contributed by atoms with Gasteiger partial charge in [-0.3, -0.25) is 24.6 Å². The molecule has 1 aromatic heterocycles. The van der Waals surface area contributed by atoms with Crippen LogP contribution in [0.4, 0.5) is 11.4 Å². The average molecular weight is 243 g/mol. The molecule has 0 aliphatic rings. The highest BCUT2D eigenvalue weighted by Gasteiger charge is 2.16. The number of hydrogen-bond acceptors (Lipinski definition) is 4. The molecule has 3 aromatic rings. The van der Waals surface area contributed by atoms with Gasteiger partial charge in [-0.15, -0.1) is 0 Å². The fourth-order valence-corrected chi connectivity index (χ4v) is 1.91. The Morgan fingerprint density at radius 2 is 1.83 bits per heavy atom. The van der Waals surface area contributed by atoms with E-state index in [1.54, 1.807) is 25.1 Å². The lowest BCUT2D eigenvalue weighted by atomic mass is 10.1. The summed E-state index contributed by atoms with van der Waals surface area (Å²) in [5.74, 6) is 0. The van der Waals surface area contributed by atoms with Crippen LogP contribution in [-0.4, -0.2) is 10.2 Å². The van der Waals surface area contributed by atoms with Gasteiger partial charge in [0.1, 0.15) is 0 Å². The van der Waals surface area contributed by atoms with Gasteiger partial charge < -0.3 is 5.32 Å². The number of fused-ring (bicyclic) bond motifs is 1. The highest BCUT2D eigenvalue weighted by molar-refractivity contribution is 5.83. The Morgan fingerprint density at radius 1 is 1.06 bits per heavy atom. The third kappa shape index (κ3) is 1.32. The van der Waals surface area contributed by atoms with Gasteiger partial charge in [0, 0.05) is 11.3 Å². The van der Waals surface area contributed by atoms with Gasteiger partial charge in [0.15, 0.2) is 0 Å². The van der Waals surface area contributed by atoms with Crippen LogP contribution in [0.15, 0.2) is 32.6 Å². The van der Waals surface area contributed by atoms with E-state index in [0.29, 0.717) is 27.8 Å². The van der Waals surface area contributed by atoms with Crippen molar-refractivity contribution in [2.75, 3.05) is 5.32 Å². The largest absolute Gasteiger partial charge is 0.352 e. The van der Waals surface area contributed by atoms with Crippen molar-refractivity contribution >= 4 is 22.3 Å². The first-order valence-corrected chi connectivity index (χ1v) is 5.35. The van der Waals surface area contributed by atoms with Crippen molar-refractivity contribution in [3.8, 4) is 0 Å². The summed E-state index contributed by atoms with van der Waals surface area (Å²) in [6, 6.07) is 5.07. The maximum atomic E-state index is 11.4. The zero-order valence-corrected chi connectivity index (χ0v) is 9.46. The van der Waals surface area contributed by atoms with Crippen LogP contribution in [0.1, 0.15) is 5.56 Å². The molecule has 6 nitrogen and oxygen atoms in total. The number of aromatic amines is 2. The lowest BCUT2D eigenvalue weighted by molar-refractivity contribution is 1.08. The number of anilines is 2. The molecule has 0 spiro atoms. The lowest BCUT2D eigenvalue weighted by Gasteiger charge is -2.09. The number of nitrogens with one attached hydrogen (secondary N) is 3. The topological polar surface area (TPSA) is 94.8 Å². The molecule has 0 saturated carbocycles. The van der Waals surface area contributed by atoms with E-state index < -0.39 is 10.9 Å². The van der Waals surface area contributed by atoms with Crippen molar-refractivity contribution in [3.63, 3.8) is 0 Å². The fourth-order valence-electron chi connectivity index (χ4n) is 1.91. The first-order valence-electron chi connectivity index (χ1n) is 5.35. The molecular weight excluding hydrogens is 234 g/mol. The van der Waals surface area contributed by atoms with Gasteiger partial charge in [-0.05, 0) is 25.1 Å². The second-order valence-electron chi connectivity index (χ2n) is 4.12. The van der Waals surface area contributed by atoms with Crippen LogP contribution in [-0.2, 0) is 0 Å². The van der Waals surface area contributed by atoms with Gasteiger partial charge in [-0.1, -0.05) is 0 Å². The zero-order valence-electron chi connectivity index (χ0n) is 9.46. The van der Waals surface area contributed by atoms with Crippen LogP contribution in [0.5, 0.6) is 0 Å². The Balaban J connectivity index is 2.06. The van der Waals surface area contributed by atoms with E-state index in [4.69, 9.17) is 0 Å². The highest BCUT2D eigenvalue weighted by Crippen LogP contribution is 2.19. The molecule has 1 heterocycles. The van der Waals surface area contributed by atoms with Crippen molar-refractivity contribution in [1.29, 1.82) is 0 Å². The summed E-state index contributed by atoms with van der Waals surface area (Å²) in [4.78, 5) is 33.8. The molecule has 3 rings (SSSR count). The molecule has 0 amide bonds. The van der Waals surface area contributed by atoms with Crippen molar-refractivity contribution in [3.05, 3.63) is 54.6 Å². The molecule has 90 valence electrons. The molecule has 0 fully saturated rings. The quantitative estimate of drug-likeness (QED) is 0.571. The Morgan fingerprint density at radius 3 is 2.56 bits per heavy atom. The zero-order chi connectivity index (χ0) is 12.9. The molecule has 0 saturated heterocycles. The number of hydrogen-bond donors (Lipinski definition) is 3. The normalized spacial score (nSPS) is 11.2. The maximum absolute atomic E-state index is 11.4. The van der Waals surface area contributed by atoms with Crippen molar-refractivity contribution in [2.45, 2.75) is 6.92 Å². The van der Waals surface area contributed by atoms with Crippen LogP contribution < -0.4 is 21.7 Å². The standard InChI is InChI=1S/C12H9N3O3/c1-5-9(11(17)10(5)16)13-6-2-3-8-7(4-6)12(18)15-14-8/h2-4,13H,1H3,(H2,14,15,18). The average Bonchev–Trinajstić information content (AvgIpc) is 2.76. The summed E-state index contributed by atoms with van der Waals surface area (Å²) >= 11 is 0. The highest BCUT2D eigenvalue weighted by atomic mass is 16.2. The Kier molecular flexibility index (Phi) is 2.00. The van der Waals surface area contributed by atoms with Crippen LogP contribution in [0, 0.1) is 6.92 Å². The van der Waals surface area contributed by atoms with Crippen LogP contribution >= 0.6 is 0 Å². The van der Waals surface area contributed by atoms with E-state index in [-0.39, 0.29) is 5.56 Å². The van der Waals surface area contributed by atoms with Crippen molar-refractivity contribution in [1.82, 2.24) is 10.2 Å². The first kappa shape index (κ1) is 10.5. The fraction of sp³-hybridized carbons (Fsp3) is 0.0833. The van der Waals surface area contributed by atoms with Gasteiger partial charge in [-0.25, -0.2) is 0 Å². The second-order valence-corrected chi connectivity index (χ2v) is 4.12. The molecule has 0 radical (unpaired) electrons. The molecule has 3 N–H and O–H groups in total. The molecule has 2 aromatic carbocycles. The van der Waals surface area contributed by atoms with E-state index in [1.165, 1.54) is 0 Å². The number of rotatable bonds is 2. The van der Waals surface area contributed by atoms with Crippen LogP contribution in [0.3, 0.4) is 0 Å². The summed E-state index contributed by atoms with van der Waals surface area (Å²) in [6.07, 6.45) is 0. The molecule has 0 aliphatic carbocycles. The SMILES string of the molecule is Cc1c(Nc2ccc3[nH][nH]c(=O)c3c2)c(=O)c1=O. The Labute approximate surface area is 99.9 Å². The minimum atomic E-state index is -0.518. The molecular formula is C12H9N3O3. The van der Waals surface area contributed by atoms with Crippen LogP contribution in [0.2, 0.25) is 0 Å². The second kappa shape index (κ2) is 3.43. The van der Waals surface area contributed by atoms with E-state index in [2.05, 4.69) is 15.5 Å². The Hall–Kier alpha value is -2.63. The van der Waals surface area contributed by atoms with Gasteiger partial charge in [0.25, 0.3) is 5.56 Å². The molecule has 0 atom stereocenters. The van der Waals surface area contributed by atoms with E-state index in [1.807, 2.05) is 0 Å². The molecule has 0 unspecified atom stereocenters. The predicted molar refractivity (Wildman–Crippen MR) is 68.3 cm³/mol. The first-order chi connectivity index (χ1) is 8.58. The summed E-state index contributed by atoms with van der Waals surface area (Å²) < 4.78 is 0. The number of benzene rings is 1. The van der Waals surface area contributed by atoms with Crippen molar-refractivity contribution < 1.29 is 0 Å².